The molecule has 3 heteroatoms. The van der Waals surface area contributed by atoms with Gasteiger partial charge in [-0.15, -0.1) is 0 Å². The zero-order chi connectivity index (χ0) is 11.2. The van der Waals surface area contributed by atoms with Gasteiger partial charge in [0.15, 0.2) is 0 Å². The van der Waals surface area contributed by atoms with E-state index in [-0.39, 0.29) is 6.04 Å². The number of nitriles is 1. The smallest absolute Gasteiger partial charge is 0.0639 e. The molecule has 1 aromatic rings. The maximum absolute atomic E-state index is 8.77. The topological polar surface area (TPSA) is 36.3 Å². The molecule has 1 aliphatic rings. The van der Waals surface area contributed by atoms with Gasteiger partial charge in [-0.3, -0.25) is 4.90 Å². The third-order valence-electron chi connectivity index (χ3n) is 2.90. The van der Waals surface area contributed by atoms with Crippen LogP contribution in [0.15, 0.2) is 30.3 Å². The predicted octanol–water partition coefficient (Wildman–Crippen LogP) is 1.80. The quantitative estimate of drug-likeness (QED) is 0.773. The fraction of sp³-hybridized carbons (Fsp3) is 0.462. The van der Waals surface area contributed by atoms with E-state index in [1.807, 2.05) is 6.07 Å². The van der Waals surface area contributed by atoms with Crippen LogP contribution in [0.2, 0.25) is 0 Å². The number of ether oxygens (including phenoxy) is 1. The molecule has 0 unspecified atom stereocenters. The van der Waals surface area contributed by atoms with Crippen LogP contribution in [-0.2, 0) is 11.3 Å². The minimum absolute atomic E-state index is 0.249. The summed E-state index contributed by atoms with van der Waals surface area (Å²) in [7, 11) is 0. The molecular weight excluding hydrogens is 200 g/mol. The largest absolute Gasteiger partial charge is 0.378 e. The van der Waals surface area contributed by atoms with Crippen molar-refractivity contribution in [3.63, 3.8) is 0 Å². The lowest BCUT2D eigenvalue weighted by Gasteiger charge is -2.34. The van der Waals surface area contributed by atoms with Crippen molar-refractivity contribution >= 4 is 0 Å². The van der Waals surface area contributed by atoms with E-state index in [0.29, 0.717) is 13.0 Å². The summed E-state index contributed by atoms with van der Waals surface area (Å²) >= 11 is 0. The molecule has 0 amide bonds. The maximum Gasteiger partial charge on any atom is 0.0639 e. The average Bonchev–Trinajstić information content (AvgIpc) is 2.33. The van der Waals surface area contributed by atoms with Crippen molar-refractivity contribution in [2.45, 2.75) is 19.0 Å². The van der Waals surface area contributed by atoms with Crippen molar-refractivity contribution in [1.82, 2.24) is 4.90 Å². The van der Waals surface area contributed by atoms with E-state index in [0.717, 1.165) is 19.7 Å². The molecule has 0 bridgehead atoms. The first kappa shape index (κ1) is 11.1. The van der Waals surface area contributed by atoms with Gasteiger partial charge in [0, 0.05) is 19.1 Å². The molecule has 84 valence electrons. The van der Waals surface area contributed by atoms with Gasteiger partial charge in [0.2, 0.25) is 0 Å². The summed E-state index contributed by atoms with van der Waals surface area (Å²) in [6.45, 7) is 3.28. The lowest BCUT2D eigenvalue weighted by molar-refractivity contribution is -0.00964. The van der Waals surface area contributed by atoms with Crippen molar-refractivity contribution in [1.29, 1.82) is 5.26 Å². The van der Waals surface area contributed by atoms with E-state index >= 15 is 0 Å². The van der Waals surface area contributed by atoms with Gasteiger partial charge < -0.3 is 4.74 Å². The zero-order valence-corrected chi connectivity index (χ0v) is 9.30. The minimum atomic E-state index is 0.249. The highest BCUT2D eigenvalue weighted by Crippen LogP contribution is 2.14. The fourth-order valence-corrected chi connectivity index (χ4v) is 2.01. The van der Waals surface area contributed by atoms with Crippen molar-refractivity contribution in [3.05, 3.63) is 35.9 Å². The average molecular weight is 216 g/mol. The molecule has 0 saturated carbocycles. The van der Waals surface area contributed by atoms with E-state index < -0.39 is 0 Å². The number of benzene rings is 1. The molecule has 1 aliphatic heterocycles. The third-order valence-corrected chi connectivity index (χ3v) is 2.90. The summed E-state index contributed by atoms with van der Waals surface area (Å²) in [6.07, 6.45) is 0.548. The van der Waals surface area contributed by atoms with Crippen LogP contribution in [0.25, 0.3) is 0 Å². The monoisotopic (exact) mass is 216 g/mol. The van der Waals surface area contributed by atoms with E-state index in [1.165, 1.54) is 5.56 Å². The molecule has 0 spiro atoms. The molecule has 0 aromatic heterocycles. The highest BCUT2D eigenvalue weighted by Gasteiger charge is 2.22. The maximum atomic E-state index is 8.77. The second-order valence-electron chi connectivity index (χ2n) is 4.05. The Morgan fingerprint density at radius 2 is 2.19 bits per heavy atom. The minimum Gasteiger partial charge on any atom is -0.378 e. The molecule has 1 saturated heterocycles. The summed E-state index contributed by atoms with van der Waals surface area (Å²) in [4.78, 5) is 2.34. The second-order valence-corrected chi connectivity index (χ2v) is 4.05. The molecule has 16 heavy (non-hydrogen) atoms. The number of hydrogen-bond acceptors (Lipinski definition) is 3. The van der Waals surface area contributed by atoms with Gasteiger partial charge in [-0.2, -0.15) is 5.26 Å². The Morgan fingerprint density at radius 1 is 1.38 bits per heavy atom. The Bertz CT molecular complexity index is 358. The Hall–Kier alpha value is -1.37. The first-order valence-corrected chi connectivity index (χ1v) is 5.63. The molecule has 2 rings (SSSR count). The fourth-order valence-electron chi connectivity index (χ4n) is 2.01. The summed E-state index contributed by atoms with van der Waals surface area (Å²) in [5.41, 5.74) is 1.30. The second kappa shape index (κ2) is 5.64. The summed E-state index contributed by atoms with van der Waals surface area (Å²) in [5.74, 6) is 0. The van der Waals surface area contributed by atoms with Crippen LogP contribution in [0.1, 0.15) is 12.0 Å². The number of hydrogen-bond donors (Lipinski definition) is 0. The number of rotatable bonds is 3. The highest BCUT2D eigenvalue weighted by molar-refractivity contribution is 5.14. The number of morpholine rings is 1. The van der Waals surface area contributed by atoms with Gasteiger partial charge in [-0.25, -0.2) is 0 Å². The zero-order valence-electron chi connectivity index (χ0n) is 9.30. The Morgan fingerprint density at radius 3 is 2.94 bits per heavy atom. The van der Waals surface area contributed by atoms with Gasteiger partial charge >= 0.3 is 0 Å². The molecule has 1 atom stereocenters. The molecule has 1 fully saturated rings. The van der Waals surface area contributed by atoms with Gasteiger partial charge in [0.05, 0.1) is 25.7 Å². The first-order valence-electron chi connectivity index (χ1n) is 5.63. The molecule has 0 N–H and O–H groups in total. The van der Waals surface area contributed by atoms with Crippen molar-refractivity contribution in [3.8, 4) is 6.07 Å². The van der Waals surface area contributed by atoms with Crippen LogP contribution < -0.4 is 0 Å². The van der Waals surface area contributed by atoms with Crippen molar-refractivity contribution in [2.75, 3.05) is 19.8 Å². The molecular formula is C13H16N2O. The summed E-state index contributed by atoms with van der Waals surface area (Å²) < 4.78 is 5.41. The lowest BCUT2D eigenvalue weighted by Crippen LogP contribution is -2.44. The Kier molecular flexibility index (Phi) is 3.92. The Labute approximate surface area is 96.2 Å². The van der Waals surface area contributed by atoms with Crippen LogP contribution in [0, 0.1) is 11.3 Å². The van der Waals surface area contributed by atoms with Crippen LogP contribution >= 0.6 is 0 Å². The molecule has 1 heterocycles. The molecule has 3 nitrogen and oxygen atoms in total. The summed E-state index contributed by atoms with van der Waals surface area (Å²) in [5, 5.41) is 8.77. The van der Waals surface area contributed by atoms with E-state index in [9.17, 15) is 0 Å². The molecule has 0 radical (unpaired) electrons. The van der Waals surface area contributed by atoms with E-state index in [1.54, 1.807) is 0 Å². The van der Waals surface area contributed by atoms with Crippen LogP contribution in [0.4, 0.5) is 0 Å². The van der Waals surface area contributed by atoms with Crippen molar-refractivity contribution in [2.24, 2.45) is 0 Å². The van der Waals surface area contributed by atoms with Gasteiger partial charge in [0.1, 0.15) is 0 Å². The van der Waals surface area contributed by atoms with Crippen LogP contribution in [-0.4, -0.2) is 30.7 Å². The number of nitrogens with zero attached hydrogens (tertiary/aromatic N) is 2. The first-order chi connectivity index (χ1) is 7.90. The summed E-state index contributed by atoms with van der Waals surface area (Å²) in [6, 6.07) is 12.9. The Balaban J connectivity index is 1.99. The highest BCUT2D eigenvalue weighted by atomic mass is 16.5. The van der Waals surface area contributed by atoms with Gasteiger partial charge in [0.25, 0.3) is 0 Å². The van der Waals surface area contributed by atoms with E-state index in [4.69, 9.17) is 10.00 Å². The molecule has 0 aliphatic carbocycles. The lowest BCUT2D eigenvalue weighted by atomic mass is 10.1. The predicted molar refractivity (Wildman–Crippen MR) is 61.7 cm³/mol. The van der Waals surface area contributed by atoms with E-state index in [2.05, 4.69) is 35.2 Å². The van der Waals surface area contributed by atoms with Crippen molar-refractivity contribution < 1.29 is 4.74 Å². The SMILES string of the molecule is N#CC[C@@H]1COCCN1Cc1ccccc1. The standard InChI is InChI=1S/C13H16N2O/c14-7-6-13-11-16-9-8-15(13)10-12-4-2-1-3-5-12/h1-5,13H,6,8-11H2/t13-/m1/s1. The normalized spacial score (nSPS) is 21.6. The van der Waals surface area contributed by atoms with Crippen LogP contribution in [0.5, 0.6) is 0 Å². The van der Waals surface area contributed by atoms with Gasteiger partial charge in [-0.1, -0.05) is 30.3 Å². The van der Waals surface area contributed by atoms with Crippen LogP contribution in [0.3, 0.4) is 0 Å². The molecule has 1 aromatic carbocycles. The van der Waals surface area contributed by atoms with Gasteiger partial charge in [-0.05, 0) is 5.56 Å². The third kappa shape index (κ3) is 2.82.